The number of urea groups is 1. The van der Waals surface area contributed by atoms with E-state index in [-0.39, 0.29) is 18.5 Å². The van der Waals surface area contributed by atoms with Crippen LogP contribution in [0.3, 0.4) is 0 Å². The van der Waals surface area contributed by atoms with Crippen LogP contribution < -0.4 is 10.1 Å². The molecule has 0 spiro atoms. The summed E-state index contributed by atoms with van der Waals surface area (Å²) in [5.41, 5.74) is 1.57. The van der Waals surface area contributed by atoms with Crippen LogP contribution in [0.1, 0.15) is 18.2 Å². The van der Waals surface area contributed by atoms with E-state index in [1.165, 1.54) is 0 Å². The number of anilines is 1. The molecule has 0 bridgehead atoms. The number of hydrogen-bond acceptors (Lipinski definition) is 6. The van der Waals surface area contributed by atoms with Crippen LogP contribution in [0.4, 0.5) is 10.5 Å². The molecule has 2 aromatic carbocycles. The number of morpholine rings is 1. The fraction of sp³-hybridized carbons (Fsp3) is 0.379. The molecule has 4 rings (SSSR count). The molecule has 3 amide bonds. The minimum absolute atomic E-state index is 0.0689. The molecule has 1 aliphatic heterocycles. The van der Waals surface area contributed by atoms with Crippen molar-refractivity contribution < 1.29 is 23.5 Å². The summed E-state index contributed by atoms with van der Waals surface area (Å²) in [6, 6.07) is 20.4. The second kappa shape index (κ2) is 14.2. The molecular formula is C29H36N4O5. The molecule has 9 nitrogen and oxygen atoms in total. The largest absolute Gasteiger partial charge is 0.492 e. The molecule has 1 N–H and O–H groups in total. The van der Waals surface area contributed by atoms with Gasteiger partial charge in [0.2, 0.25) is 5.91 Å². The zero-order valence-electron chi connectivity index (χ0n) is 21.9. The lowest BCUT2D eigenvalue weighted by Gasteiger charge is -2.31. The standard InChI is InChI=1S/C29H36N4O5/c1-2-37-27-13-7-6-12-26(27)30-29(35)32(15-14-31-16-19-36-20-17-31)23-28(34)33(22-25-11-8-18-38-25)21-24-9-4-3-5-10-24/h3-13,18H,2,14-17,19-23H2,1H3,(H,30,35). The van der Waals surface area contributed by atoms with E-state index in [0.717, 1.165) is 18.7 Å². The molecule has 0 saturated carbocycles. The van der Waals surface area contributed by atoms with Gasteiger partial charge >= 0.3 is 6.03 Å². The zero-order valence-corrected chi connectivity index (χ0v) is 21.9. The lowest BCUT2D eigenvalue weighted by Crippen LogP contribution is -2.48. The number of amides is 3. The topological polar surface area (TPSA) is 87.5 Å². The van der Waals surface area contributed by atoms with Crippen molar-refractivity contribution >= 4 is 17.6 Å². The van der Waals surface area contributed by atoms with Gasteiger partial charge in [-0.05, 0) is 36.8 Å². The van der Waals surface area contributed by atoms with Crippen molar-refractivity contribution in [1.82, 2.24) is 14.7 Å². The van der Waals surface area contributed by atoms with Gasteiger partial charge < -0.3 is 29.0 Å². The van der Waals surface area contributed by atoms with Gasteiger partial charge in [0, 0.05) is 32.7 Å². The van der Waals surface area contributed by atoms with Gasteiger partial charge in [0.05, 0.1) is 38.3 Å². The van der Waals surface area contributed by atoms with Gasteiger partial charge in [0.15, 0.2) is 0 Å². The first kappa shape index (κ1) is 27.2. The highest BCUT2D eigenvalue weighted by molar-refractivity contribution is 5.93. The average molecular weight is 521 g/mol. The van der Waals surface area contributed by atoms with E-state index in [4.69, 9.17) is 13.9 Å². The van der Waals surface area contributed by atoms with Crippen molar-refractivity contribution in [2.75, 3.05) is 57.9 Å². The second-order valence-electron chi connectivity index (χ2n) is 9.05. The van der Waals surface area contributed by atoms with Crippen molar-refractivity contribution in [3.8, 4) is 5.75 Å². The molecule has 38 heavy (non-hydrogen) atoms. The van der Waals surface area contributed by atoms with Crippen molar-refractivity contribution in [2.45, 2.75) is 20.0 Å². The molecule has 0 radical (unpaired) electrons. The molecule has 2 heterocycles. The number of ether oxygens (including phenoxy) is 2. The van der Waals surface area contributed by atoms with Crippen LogP contribution in [0.5, 0.6) is 5.75 Å². The van der Waals surface area contributed by atoms with Crippen LogP contribution >= 0.6 is 0 Å². The van der Waals surface area contributed by atoms with E-state index in [2.05, 4.69) is 10.2 Å². The molecular weight excluding hydrogens is 484 g/mol. The van der Waals surface area contributed by atoms with Crippen LogP contribution in [0.15, 0.2) is 77.4 Å². The summed E-state index contributed by atoms with van der Waals surface area (Å²) in [6.07, 6.45) is 1.60. The Kier molecular flexibility index (Phi) is 10.2. The maximum atomic E-state index is 13.7. The van der Waals surface area contributed by atoms with Crippen molar-refractivity contribution in [1.29, 1.82) is 0 Å². The third-order valence-electron chi connectivity index (χ3n) is 6.33. The minimum atomic E-state index is -0.351. The molecule has 202 valence electrons. The molecule has 1 saturated heterocycles. The Bertz CT molecular complexity index is 1130. The summed E-state index contributed by atoms with van der Waals surface area (Å²) in [7, 11) is 0. The van der Waals surface area contributed by atoms with Crippen LogP contribution in [0.2, 0.25) is 0 Å². The molecule has 1 aromatic heterocycles. The number of para-hydroxylation sites is 2. The highest BCUT2D eigenvalue weighted by Gasteiger charge is 2.24. The summed E-state index contributed by atoms with van der Waals surface area (Å²) in [5, 5.41) is 2.95. The Balaban J connectivity index is 1.50. The number of carbonyl (C=O) groups excluding carboxylic acids is 2. The van der Waals surface area contributed by atoms with Crippen LogP contribution in [0.25, 0.3) is 0 Å². The van der Waals surface area contributed by atoms with Gasteiger partial charge in [0.1, 0.15) is 18.1 Å². The van der Waals surface area contributed by atoms with Gasteiger partial charge in [-0.1, -0.05) is 42.5 Å². The highest BCUT2D eigenvalue weighted by Crippen LogP contribution is 2.24. The smallest absolute Gasteiger partial charge is 0.322 e. The number of nitrogens with zero attached hydrogens (tertiary/aromatic N) is 3. The molecule has 3 aromatic rings. The minimum Gasteiger partial charge on any atom is -0.492 e. The Morgan fingerprint density at radius 2 is 1.71 bits per heavy atom. The van der Waals surface area contributed by atoms with E-state index < -0.39 is 0 Å². The molecule has 1 fully saturated rings. The maximum Gasteiger partial charge on any atom is 0.322 e. The second-order valence-corrected chi connectivity index (χ2v) is 9.05. The Morgan fingerprint density at radius 3 is 2.45 bits per heavy atom. The molecule has 0 unspecified atom stereocenters. The number of rotatable bonds is 12. The summed E-state index contributed by atoms with van der Waals surface area (Å²) in [6.45, 7) is 7.01. The number of carbonyl (C=O) groups is 2. The third kappa shape index (κ3) is 8.09. The van der Waals surface area contributed by atoms with E-state index >= 15 is 0 Å². The van der Waals surface area contributed by atoms with Crippen molar-refractivity contribution in [3.05, 3.63) is 84.3 Å². The number of hydrogen-bond donors (Lipinski definition) is 1. The van der Waals surface area contributed by atoms with Gasteiger partial charge in [-0.15, -0.1) is 0 Å². The Labute approximate surface area is 223 Å². The van der Waals surface area contributed by atoms with E-state index in [9.17, 15) is 9.59 Å². The maximum absolute atomic E-state index is 13.7. The summed E-state index contributed by atoms with van der Waals surface area (Å²) in [4.78, 5) is 32.7. The molecule has 1 aliphatic rings. The SMILES string of the molecule is CCOc1ccccc1NC(=O)N(CCN1CCOCC1)CC(=O)N(Cc1ccccc1)Cc1ccco1. The highest BCUT2D eigenvalue weighted by atomic mass is 16.5. The summed E-state index contributed by atoms with van der Waals surface area (Å²) >= 11 is 0. The predicted octanol–water partition coefficient (Wildman–Crippen LogP) is 4.07. The van der Waals surface area contributed by atoms with E-state index in [1.807, 2.05) is 61.5 Å². The summed E-state index contributed by atoms with van der Waals surface area (Å²) in [5.74, 6) is 1.11. The van der Waals surface area contributed by atoms with Crippen molar-refractivity contribution in [3.63, 3.8) is 0 Å². The van der Waals surface area contributed by atoms with Crippen LogP contribution in [0, 0.1) is 0 Å². The van der Waals surface area contributed by atoms with E-state index in [1.54, 1.807) is 28.2 Å². The monoisotopic (exact) mass is 520 g/mol. The fourth-order valence-corrected chi connectivity index (χ4v) is 4.27. The van der Waals surface area contributed by atoms with Crippen molar-refractivity contribution in [2.24, 2.45) is 0 Å². The number of furan rings is 1. The Morgan fingerprint density at radius 1 is 0.947 bits per heavy atom. The average Bonchev–Trinajstić information content (AvgIpc) is 3.46. The van der Waals surface area contributed by atoms with Gasteiger partial charge in [-0.3, -0.25) is 9.69 Å². The van der Waals surface area contributed by atoms with Gasteiger partial charge in [0.25, 0.3) is 0 Å². The summed E-state index contributed by atoms with van der Waals surface area (Å²) < 4.78 is 16.7. The van der Waals surface area contributed by atoms with Crippen LogP contribution in [-0.2, 0) is 22.6 Å². The predicted molar refractivity (Wildman–Crippen MR) is 145 cm³/mol. The first-order chi connectivity index (χ1) is 18.6. The third-order valence-corrected chi connectivity index (χ3v) is 6.33. The first-order valence-corrected chi connectivity index (χ1v) is 13.0. The molecule has 0 aliphatic carbocycles. The number of benzene rings is 2. The Hall–Kier alpha value is -3.82. The fourth-order valence-electron chi connectivity index (χ4n) is 4.27. The van der Waals surface area contributed by atoms with Gasteiger partial charge in [-0.2, -0.15) is 0 Å². The zero-order chi connectivity index (χ0) is 26.6. The normalized spacial score (nSPS) is 13.6. The molecule has 0 atom stereocenters. The lowest BCUT2D eigenvalue weighted by atomic mass is 10.2. The quantitative estimate of drug-likeness (QED) is 0.387. The first-order valence-electron chi connectivity index (χ1n) is 13.0. The van der Waals surface area contributed by atoms with E-state index in [0.29, 0.717) is 63.2 Å². The lowest BCUT2D eigenvalue weighted by molar-refractivity contribution is -0.133. The molecule has 9 heteroatoms. The number of nitrogens with one attached hydrogen (secondary N) is 1. The van der Waals surface area contributed by atoms with Gasteiger partial charge in [-0.25, -0.2) is 4.79 Å². The van der Waals surface area contributed by atoms with Crippen LogP contribution in [-0.4, -0.2) is 79.2 Å².